The number of nitrogens with two attached hydrogens (primary N) is 1. The fourth-order valence-electron chi connectivity index (χ4n) is 1.42. The number of alkyl halides is 3. The molecule has 0 heterocycles. The van der Waals surface area contributed by atoms with E-state index >= 15 is 0 Å². The number of halogens is 4. The zero-order valence-corrected chi connectivity index (χ0v) is 9.32. The fourth-order valence-corrected chi connectivity index (χ4v) is 1.42. The molecule has 3 nitrogen and oxygen atoms in total. The van der Waals surface area contributed by atoms with E-state index in [9.17, 15) is 17.6 Å². The number of hydrogen-bond donors (Lipinski definition) is 2. The molecule has 0 amide bonds. The molecule has 3 N–H and O–H groups in total. The van der Waals surface area contributed by atoms with E-state index in [0.29, 0.717) is 0 Å². The van der Waals surface area contributed by atoms with Gasteiger partial charge in [-0.1, -0.05) is 18.2 Å². The molecular formula is C11H13F4NO2. The summed E-state index contributed by atoms with van der Waals surface area (Å²) in [6.07, 6.45) is -5.84. The van der Waals surface area contributed by atoms with Gasteiger partial charge >= 0.3 is 6.18 Å². The molecule has 0 bridgehead atoms. The van der Waals surface area contributed by atoms with Crippen molar-refractivity contribution in [2.24, 2.45) is 5.73 Å². The van der Waals surface area contributed by atoms with Gasteiger partial charge in [-0.25, -0.2) is 4.39 Å². The van der Waals surface area contributed by atoms with Gasteiger partial charge in [-0.05, 0) is 6.07 Å². The molecular weight excluding hydrogens is 254 g/mol. The second-order valence-electron chi connectivity index (χ2n) is 3.69. The van der Waals surface area contributed by atoms with Crippen molar-refractivity contribution in [2.75, 3.05) is 13.2 Å². The summed E-state index contributed by atoms with van der Waals surface area (Å²) in [6, 6.07) is 4.22. The van der Waals surface area contributed by atoms with Crippen molar-refractivity contribution in [3.63, 3.8) is 0 Å². The van der Waals surface area contributed by atoms with E-state index < -0.39 is 37.4 Å². The van der Waals surface area contributed by atoms with Crippen molar-refractivity contribution in [3.05, 3.63) is 35.6 Å². The highest BCUT2D eigenvalue weighted by molar-refractivity contribution is 5.21. The summed E-state index contributed by atoms with van der Waals surface area (Å²) in [4.78, 5) is 0. The van der Waals surface area contributed by atoms with Crippen LogP contribution >= 0.6 is 0 Å². The third kappa shape index (κ3) is 4.25. The van der Waals surface area contributed by atoms with Gasteiger partial charge in [-0.3, -0.25) is 0 Å². The Morgan fingerprint density at radius 2 is 1.89 bits per heavy atom. The SMILES string of the molecule is NC(c1ccccc1F)C(CO)OCC(F)(F)F. The summed E-state index contributed by atoms with van der Waals surface area (Å²) >= 11 is 0. The normalized spacial score (nSPS) is 15.4. The monoisotopic (exact) mass is 267 g/mol. The highest BCUT2D eigenvalue weighted by Crippen LogP contribution is 2.22. The van der Waals surface area contributed by atoms with Gasteiger partial charge in [-0.15, -0.1) is 0 Å². The molecule has 102 valence electrons. The number of hydrogen-bond acceptors (Lipinski definition) is 3. The van der Waals surface area contributed by atoms with E-state index in [-0.39, 0.29) is 5.56 Å². The summed E-state index contributed by atoms with van der Waals surface area (Å²) in [5.41, 5.74) is 5.59. The molecule has 0 radical (unpaired) electrons. The lowest BCUT2D eigenvalue weighted by atomic mass is 10.0. The topological polar surface area (TPSA) is 55.5 Å². The first-order valence-corrected chi connectivity index (χ1v) is 5.14. The first-order valence-electron chi connectivity index (χ1n) is 5.14. The Labute approximate surface area is 101 Å². The minimum Gasteiger partial charge on any atom is -0.394 e. The Hall–Kier alpha value is -1.18. The molecule has 1 rings (SSSR count). The van der Waals surface area contributed by atoms with E-state index in [2.05, 4.69) is 4.74 Å². The van der Waals surface area contributed by atoms with Gasteiger partial charge < -0.3 is 15.6 Å². The van der Waals surface area contributed by atoms with Crippen LogP contribution in [-0.2, 0) is 4.74 Å². The van der Waals surface area contributed by atoms with Gasteiger partial charge in [0.15, 0.2) is 0 Å². The van der Waals surface area contributed by atoms with Gasteiger partial charge in [0.1, 0.15) is 18.5 Å². The van der Waals surface area contributed by atoms with E-state index in [0.717, 1.165) is 6.07 Å². The molecule has 18 heavy (non-hydrogen) atoms. The van der Waals surface area contributed by atoms with E-state index in [4.69, 9.17) is 10.8 Å². The van der Waals surface area contributed by atoms with Crippen LogP contribution in [0.1, 0.15) is 11.6 Å². The first kappa shape index (κ1) is 14.9. The molecule has 0 aromatic heterocycles. The van der Waals surface area contributed by atoms with Gasteiger partial charge in [0.2, 0.25) is 0 Å². The number of benzene rings is 1. The van der Waals surface area contributed by atoms with Crippen LogP contribution < -0.4 is 5.73 Å². The summed E-state index contributed by atoms with van der Waals surface area (Å²) in [7, 11) is 0. The quantitative estimate of drug-likeness (QED) is 0.799. The maximum absolute atomic E-state index is 13.4. The van der Waals surface area contributed by atoms with Crippen molar-refractivity contribution in [1.82, 2.24) is 0 Å². The highest BCUT2D eigenvalue weighted by atomic mass is 19.4. The molecule has 0 fully saturated rings. The maximum Gasteiger partial charge on any atom is 0.411 e. The second kappa shape index (κ2) is 6.12. The zero-order chi connectivity index (χ0) is 13.8. The van der Waals surface area contributed by atoms with Crippen LogP contribution in [-0.4, -0.2) is 30.6 Å². The van der Waals surface area contributed by atoms with Crippen LogP contribution in [0.15, 0.2) is 24.3 Å². The van der Waals surface area contributed by atoms with Gasteiger partial charge in [0, 0.05) is 5.56 Å². The number of aliphatic hydroxyl groups excluding tert-OH is 1. The molecule has 2 atom stereocenters. The summed E-state index contributed by atoms with van der Waals surface area (Å²) in [5, 5.41) is 8.95. The predicted molar refractivity (Wildman–Crippen MR) is 56.2 cm³/mol. The van der Waals surface area contributed by atoms with Crippen molar-refractivity contribution in [3.8, 4) is 0 Å². The highest BCUT2D eigenvalue weighted by Gasteiger charge is 2.31. The molecule has 2 unspecified atom stereocenters. The Balaban J connectivity index is 2.74. The molecule has 7 heteroatoms. The Morgan fingerprint density at radius 3 is 2.39 bits per heavy atom. The predicted octanol–water partition coefficient (Wildman–Crippen LogP) is 1.77. The van der Waals surface area contributed by atoms with Crippen LogP contribution in [0, 0.1) is 5.82 Å². The average molecular weight is 267 g/mol. The molecule has 0 saturated carbocycles. The maximum atomic E-state index is 13.4. The number of rotatable bonds is 5. The van der Waals surface area contributed by atoms with Crippen LogP contribution in [0.5, 0.6) is 0 Å². The van der Waals surface area contributed by atoms with Crippen LogP contribution in [0.25, 0.3) is 0 Å². The van der Waals surface area contributed by atoms with Crippen molar-refractivity contribution in [2.45, 2.75) is 18.3 Å². The molecule has 1 aromatic carbocycles. The third-order valence-electron chi connectivity index (χ3n) is 2.31. The van der Waals surface area contributed by atoms with Crippen molar-refractivity contribution < 1.29 is 27.4 Å². The minimum atomic E-state index is -4.53. The van der Waals surface area contributed by atoms with Gasteiger partial charge in [0.25, 0.3) is 0 Å². The molecule has 0 spiro atoms. The smallest absolute Gasteiger partial charge is 0.394 e. The minimum absolute atomic E-state index is 0.00118. The van der Waals surface area contributed by atoms with Crippen LogP contribution in [0.2, 0.25) is 0 Å². The summed E-state index contributed by atoms with van der Waals surface area (Å²) in [5.74, 6) is -0.654. The third-order valence-corrected chi connectivity index (χ3v) is 2.31. The number of ether oxygens (including phenoxy) is 1. The number of aliphatic hydroxyl groups is 1. The van der Waals surface area contributed by atoms with E-state index in [1.807, 2.05) is 0 Å². The van der Waals surface area contributed by atoms with Gasteiger partial charge in [-0.2, -0.15) is 13.2 Å². The average Bonchev–Trinajstić information content (AvgIpc) is 2.28. The molecule has 0 aliphatic rings. The summed E-state index contributed by atoms with van der Waals surface area (Å²) < 4.78 is 53.8. The van der Waals surface area contributed by atoms with Gasteiger partial charge in [0.05, 0.1) is 12.6 Å². The Bertz CT molecular complexity index is 384. The molecule has 1 aromatic rings. The van der Waals surface area contributed by atoms with E-state index in [1.165, 1.54) is 18.2 Å². The van der Waals surface area contributed by atoms with E-state index in [1.54, 1.807) is 0 Å². The standard InChI is InChI=1S/C11H13F4NO2/c12-8-4-2-1-3-7(8)10(16)9(5-17)18-6-11(13,14)15/h1-4,9-10,17H,5-6,16H2. The van der Waals surface area contributed by atoms with Crippen molar-refractivity contribution in [1.29, 1.82) is 0 Å². The molecule has 0 aliphatic heterocycles. The van der Waals surface area contributed by atoms with Crippen LogP contribution in [0.3, 0.4) is 0 Å². The Morgan fingerprint density at radius 1 is 1.28 bits per heavy atom. The largest absolute Gasteiger partial charge is 0.411 e. The second-order valence-corrected chi connectivity index (χ2v) is 3.69. The Kier molecular flexibility index (Phi) is 5.06. The zero-order valence-electron chi connectivity index (χ0n) is 9.32. The molecule has 0 saturated heterocycles. The summed E-state index contributed by atoms with van der Waals surface area (Å²) in [6.45, 7) is -2.27. The lowest BCUT2D eigenvalue weighted by Crippen LogP contribution is -2.35. The fraction of sp³-hybridized carbons (Fsp3) is 0.455. The molecule has 0 aliphatic carbocycles. The van der Waals surface area contributed by atoms with Crippen molar-refractivity contribution >= 4 is 0 Å². The lowest BCUT2D eigenvalue weighted by molar-refractivity contribution is -0.190. The first-order chi connectivity index (χ1) is 8.35. The van der Waals surface area contributed by atoms with Crippen LogP contribution in [0.4, 0.5) is 17.6 Å². The lowest BCUT2D eigenvalue weighted by Gasteiger charge is -2.23.